The van der Waals surface area contributed by atoms with Gasteiger partial charge in [-0.05, 0) is 25.5 Å². The highest BCUT2D eigenvalue weighted by Crippen LogP contribution is 2.20. The second-order valence-corrected chi connectivity index (χ2v) is 4.36. The highest BCUT2D eigenvalue weighted by Gasteiger charge is 2.18. The number of benzene rings is 1. The number of methoxy groups -OCH3 is 1. The molecule has 0 aliphatic carbocycles. The molecule has 0 aromatic heterocycles. The van der Waals surface area contributed by atoms with Crippen LogP contribution in [0.4, 0.5) is 5.69 Å². The van der Waals surface area contributed by atoms with Crippen molar-refractivity contribution in [1.82, 2.24) is 0 Å². The molecule has 0 heterocycles. The summed E-state index contributed by atoms with van der Waals surface area (Å²) in [7, 11) is 3.18. The van der Waals surface area contributed by atoms with E-state index in [9.17, 15) is 9.59 Å². The number of para-hydroxylation sites is 1. The molecule has 0 saturated carbocycles. The van der Waals surface area contributed by atoms with Gasteiger partial charge in [0, 0.05) is 20.6 Å². The number of amides is 1. The third kappa shape index (κ3) is 4.06. The molecule has 0 fully saturated rings. The van der Waals surface area contributed by atoms with E-state index >= 15 is 0 Å². The summed E-state index contributed by atoms with van der Waals surface area (Å²) in [6, 6.07) is 6.46. The van der Waals surface area contributed by atoms with Crippen molar-refractivity contribution in [2.24, 2.45) is 0 Å². The molecule has 1 amide bonds. The summed E-state index contributed by atoms with van der Waals surface area (Å²) in [5.41, 5.74) is 0.531. The van der Waals surface area contributed by atoms with Crippen LogP contribution in [0.15, 0.2) is 24.3 Å². The van der Waals surface area contributed by atoms with Gasteiger partial charge < -0.3 is 14.7 Å². The van der Waals surface area contributed by atoms with Crippen LogP contribution >= 0.6 is 0 Å². The molecule has 0 spiro atoms. The number of ether oxygens (including phenoxy) is 1. The van der Waals surface area contributed by atoms with E-state index in [0.29, 0.717) is 18.5 Å². The van der Waals surface area contributed by atoms with Gasteiger partial charge in [-0.3, -0.25) is 4.79 Å². The SMILES string of the molecule is COC(C)CCC(=O)N(C)c1ccccc1C(=O)O. The zero-order chi connectivity index (χ0) is 14.4. The van der Waals surface area contributed by atoms with Crippen LogP contribution in [-0.4, -0.2) is 37.2 Å². The second kappa shape index (κ2) is 6.89. The summed E-state index contributed by atoms with van der Waals surface area (Å²) in [4.78, 5) is 24.5. The number of carboxylic acid groups (broad SMARTS) is 1. The van der Waals surface area contributed by atoms with Gasteiger partial charge in [0.2, 0.25) is 5.91 Å². The minimum atomic E-state index is -1.04. The van der Waals surface area contributed by atoms with Crippen LogP contribution in [0.1, 0.15) is 30.1 Å². The second-order valence-electron chi connectivity index (χ2n) is 4.36. The summed E-state index contributed by atoms with van der Waals surface area (Å²) in [5, 5.41) is 9.09. The molecule has 0 saturated heterocycles. The maximum absolute atomic E-state index is 12.0. The largest absolute Gasteiger partial charge is 0.478 e. The number of hydrogen-bond acceptors (Lipinski definition) is 3. The van der Waals surface area contributed by atoms with Crippen molar-refractivity contribution in [1.29, 1.82) is 0 Å². The molecule has 1 atom stereocenters. The Labute approximate surface area is 112 Å². The van der Waals surface area contributed by atoms with Crippen molar-refractivity contribution in [3.63, 3.8) is 0 Å². The zero-order valence-electron chi connectivity index (χ0n) is 11.4. The number of anilines is 1. The Kier molecular flexibility index (Phi) is 5.51. The first kappa shape index (κ1) is 15.2. The Bertz CT molecular complexity index is 459. The molecule has 1 aromatic rings. The molecular weight excluding hydrogens is 246 g/mol. The van der Waals surface area contributed by atoms with Crippen LogP contribution in [0.2, 0.25) is 0 Å². The summed E-state index contributed by atoms with van der Waals surface area (Å²) in [6.07, 6.45) is 0.932. The zero-order valence-corrected chi connectivity index (χ0v) is 11.4. The fourth-order valence-corrected chi connectivity index (χ4v) is 1.69. The van der Waals surface area contributed by atoms with Gasteiger partial charge in [0.1, 0.15) is 0 Å². The lowest BCUT2D eigenvalue weighted by molar-refractivity contribution is -0.118. The molecule has 0 aliphatic rings. The van der Waals surface area contributed by atoms with Gasteiger partial charge in [0.05, 0.1) is 17.4 Å². The Morgan fingerprint density at radius 1 is 1.37 bits per heavy atom. The van der Waals surface area contributed by atoms with E-state index in [1.807, 2.05) is 6.92 Å². The molecule has 1 aromatic carbocycles. The van der Waals surface area contributed by atoms with Crippen molar-refractivity contribution in [3.05, 3.63) is 29.8 Å². The molecule has 1 N–H and O–H groups in total. The van der Waals surface area contributed by atoms with Crippen molar-refractivity contribution in [3.8, 4) is 0 Å². The third-order valence-electron chi connectivity index (χ3n) is 3.04. The number of nitrogens with zero attached hydrogens (tertiary/aromatic N) is 1. The Hall–Kier alpha value is -1.88. The van der Waals surface area contributed by atoms with E-state index < -0.39 is 5.97 Å². The number of carboxylic acids is 1. The van der Waals surface area contributed by atoms with E-state index in [-0.39, 0.29) is 17.6 Å². The number of carbonyl (C=O) groups excluding carboxylic acids is 1. The van der Waals surface area contributed by atoms with Crippen molar-refractivity contribution < 1.29 is 19.4 Å². The van der Waals surface area contributed by atoms with Gasteiger partial charge in [-0.2, -0.15) is 0 Å². The van der Waals surface area contributed by atoms with E-state index in [2.05, 4.69) is 0 Å². The summed E-state index contributed by atoms with van der Waals surface area (Å²) < 4.78 is 5.08. The van der Waals surface area contributed by atoms with Crippen LogP contribution in [0.5, 0.6) is 0 Å². The predicted octanol–water partition coefficient (Wildman–Crippen LogP) is 2.16. The summed E-state index contributed by atoms with van der Waals surface area (Å²) >= 11 is 0. The minimum Gasteiger partial charge on any atom is -0.478 e. The molecule has 0 aliphatic heterocycles. The van der Waals surface area contributed by atoms with Gasteiger partial charge in [0.15, 0.2) is 0 Å². The molecular formula is C14H19NO4. The van der Waals surface area contributed by atoms with Gasteiger partial charge in [-0.1, -0.05) is 12.1 Å². The van der Waals surface area contributed by atoms with Gasteiger partial charge >= 0.3 is 5.97 Å². The van der Waals surface area contributed by atoms with Crippen LogP contribution < -0.4 is 4.90 Å². The van der Waals surface area contributed by atoms with Crippen molar-refractivity contribution >= 4 is 17.6 Å². The maximum Gasteiger partial charge on any atom is 0.337 e. The minimum absolute atomic E-state index is 0.00654. The van der Waals surface area contributed by atoms with Gasteiger partial charge in [-0.15, -0.1) is 0 Å². The summed E-state index contributed by atoms with van der Waals surface area (Å²) in [5.74, 6) is -1.17. The van der Waals surface area contributed by atoms with Crippen molar-refractivity contribution in [2.45, 2.75) is 25.9 Å². The lowest BCUT2D eigenvalue weighted by atomic mass is 10.1. The first-order chi connectivity index (χ1) is 8.97. The highest BCUT2D eigenvalue weighted by molar-refractivity contribution is 6.01. The van der Waals surface area contributed by atoms with Crippen molar-refractivity contribution in [2.75, 3.05) is 19.1 Å². The lowest BCUT2D eigenvalue weighted by Gasteiger charge is -2.20. The fourth-order valence-electron chi connectivity index (χ4n) is 1.69. The van der Waals surface area contributed by atoms with E-state index in [1.54, 1.807) is 32.4 Å². The topological polar surface area (TPSA) is 66.8 Å². The number of rotatable bonds is 6. The Balaban J connectivity index is 2.80. The predicted molar refractivity (Wildman–Crippen MR) is 72.5 cm³/mol. The quantitative estimate of drug-likeness (QED) is 0.856. The number of hydrogen-bond donors (Lipinski definition) is 1. The van der Waals surface area contributed by atoms with E-state index in [0.717, 1.165) is 0 Å². The summed E-state index contributed by atoms with van der Waals surface area (Å²) in [6.45, 7) is 1.89. The molecule has 5 heteroatoms. The van der Waals surface area contributed by atoms with Crippen LogP contribution in [-0.2, 0) is 9.53 Å². The molecule has 0 radical (unpaired) electrons. The Morgan fingerprint density at radius 2 is 2.00 bits per heavy atom. The van der Waals surface area contributed by atoms with Crippen LogP contribution in [0.3, 0.4) is 0 Å². The molecule has 104 valence electrons. The highest BCUT2D eigenvalue weighted by atomic mass is 16.5. The third-order valence-corrected chi connectivity index (χ3v) is 3.04. The van der Waals surface area contributed by atoms with Gasteiger partial charge in [-0.25, -0.2) is 4.79 Å². The first-order valence-electron chi connectivity index (χ1n) is 6.09. The standard InChI is InChI=1S/C14H19NO4/c1-10(19-3)8-9-13(16)15(2)12-7-5-4-6-11(12)14(17)18/h4-7,10H,8-9H2,1-3H3,(H,17,18). The average Bonchev–Trinajstić information content (AvgIpc) is 2.43. The van der Waals surface area contributed by atoms with E-state index in [1.165, 1.54) is 11.0 Å². The first-order valence-corrected chi connectivity index (χ1v) is 6.09. The average molecular weight is 265 g/mol. The smallest absolute Gasteiger partial charge is 0.337 e. The van der Waals surface area contributed by atoms with E-state index in [4.69, 9.17) is 9.84 Å². The lowest BCUT2D eigenvalue weighted by Crippen LogP contribution is -2.28. The van der Waals surface area contributed by atoms with Gasteiger partial charge in [0.25, 0.3) is 0 Å². The monoisotopic (exact) mass is 265 g/mol. The number of aromatic carboxylic acids is 1. The molecule has 0 bridgehead atoms. The van der Waals surface area contributed by atoms with Crippen LogP contribution in [0.25, 0.3) is 0 Å². The van der Waals surface area contributed by atoms with Crippen LogP contribution in [0, 0.1) is 0 Å². The fraction of sp³-hybridized carbons (Fsp3) is 0.429. The molecule has 5 nitrogen and oxygen atoms in total. The maximum atomic E-state index is 12.0. The normalized spacial score (nSPS) is 11.9. The Morgan fingerprint density at radius 3 is 2.58 bits per heavy atom. The number of carbonyl (C=O) groups is 2. The molecule has 1 rings (SSSR count). The molecule has 1 unspecified atom stereocenters. The molecule has 19 heavy (non-hydrogen) atoms.